The van der Waals surface area contributed by atoms with Crippen LogP contribution in [-0.2, 0) is 27.5 Å². The summed E-state index contributed by atoms with van der Waals surface area (Å²) in [7, 11) is -4.67. The number of sulfonamides is 1. The van der Waals surface area contributed by atoms with E-state index in [1.54, 1.807) is 6.07 Å². The largest absolute Gasteiger partial charge is 0.416 e. The predicted molar refractivity (Wildman–Crippen MR) is 166 cm³/mol. The Morgan fingerprint density at radius 3 is 2.30 bits per heavy atom. The number of alkyl halides is 5. The number of piperazine rings is 1. The molecule has 1 amide bonds. The molecule has 2 aliphatic heterocycles. The van der Waals surface area contributed by atoms with Gasteiger partial charge in [0.15, 0.2) is 16.8 Å². The van der Waals surface area contributed by atoms with Crippen LogP contribution >= 0.6 is 22.9 Å². The molecule has 16 heteroatoms. The number of primary amides is 1. The molecule has 1 aromatic carbocycles. The normalized spacial score (nSPS) is 22.5. The van der Waals surface area contributed by atoms with Crippen molar-refractivity contribution in [2.75, 3.05) is 44.2 Å². The lowest BCUT2D eigenvalue weighted by molar-refractivity contribution is -0.827. The van der Waals surface area contributed by atoms with Gasteiger partial charge in [-0.15, -0.1) is 11.3 Å². The molecular weight excluding hydrogens is 673 g/mol. The summed E-state index contributed by atoms with van der Waals surface area (Å²) in [6.45, 7) is 5.89. The van der Waals surface area contributed by atoms with Gasteiger partial charge in [0.05, 0.1) is 22.0 Å². The summed E-state index contributed by atoms with van der Waals surface area (Å²) >= 11 is 6.71. The van der Waals surface area contributed by atoms with Gasteiger partial charge in [0.2, 0.25) is 0 Å². The number of benzene rings is 1. The van der Waals surface area contributed by atoms with Crippen molar-refractivity contribution < 1.29 is 39.1 Å². The molecule has 2 saturated heterocycles. The zero-order chi connectivity index (χ0) is 33.7. The molecule has 46 heavy (non-hydrogen) atoms. The molecule has 8 nitrogen and oxygen atoms in total. The molecule has 1 unspecified atom stereocenters. The Morgan fingerprint density at radius 1 is 1.11 bits per heavy atom. The summed E-state index contributed by atoms with van der Waals surface area (Å²) in [6, 6.07) is 8.15. The van der Waals surface area contributed by atoms with Gasteiger partial charge in [-0.25, -0.2) is 13.8 Å². The summed E-state index contributed by atoms with van der Waals surface area (Å²) in [5, 5.41) is 0. The molecule has 5 rings (SSSR count). The Labute approximate surface area is 273 Å². The highest BCUT2D eigenvalue weighted by Gasteiger charge is 2.65. The van der Waals surface area contributed by atoms with E-state index in [4.69, 9.17) is 22.3 Å². The summed E-state index contributed by atoms with van der Waals surface area (Å²) in [6.07, 6.45) is -5.63. The quantitative estimate of drug-likeness (QED) is 0.221. The average molecular weight is 707 g/mol. The number of amides is 1. The first-order valence-electron chi connectivity index (χ1n) is 14.6. The number of hydrogen-bond donors (Lipinski definition) is 1. The molecule has 4 heterocycles. The van der Waals surface area contributed by atoms with Gasteiger partial charge in [0.1, 0.15) is 12.4 Å². The van der Waals surface area contributed by atoms with Crippen molar-refractivity contribution in [3.63, 3.8) is 0 Å². The third-order valence-electron chi connectivity index (χ3n) is 8.32. The monoisotopic (exact) mass is 706 g/mol. The second-order valence-electron chi connectivity index (χ2n) is 12.3. The maximum Gasteiger partial charge on any atom is 0.416 e. The molecular formula is C30H34ClF5N5O3S2+. The van der Waals surface area contributed by atoms with E-state index in [1.807, 2.05) is 4.90 Å². The number of thiophene rings is 1. The van der Waals surface area contributed by atoms with Gasteiger partial charge >= 0.3 is 22.1 Å². The van der Waals surface area contributed by atoms with Crippen LogP contribution in [0.25, 0.3) is 11.3 Å². The average Bonchev–Trinajstić information content (AvgIpc) is 3.53. The molecule has 250 valence electrons. The fourth-order valence-electron chi connectivity index (χ4n) is 6.25. The minimum Gasteiger partial charge on any atom is -0.364 e. The first-order valence-corrected chi connectivity index (χ1v) is 17.2. The van der Waals surface area contributed by atoms with Crippen LogP contribution in [0.15, 0.2) is 52.7 Å². The highest BCUT2D eigenvalue weighted by molar-refractivity contribution is 7.88. The van der Waals surface area contributed by atoms with Crippen molar-refractivity contribution in [3.8, 4) is 11.3 Å². The Bertz CT molecular complexity index is 1690. The Balaban J connectivity index is 1.62. The second kappa shape index (κ2) is 12.6. The van der Waals surface area contributed by atoms with Crippen LogP contribution in [0.3, 0.4) is 0 Å². The van der Waals surface area contributed by atoms with E-state index in [1.165, 1.54) is 30.3 Å². The van der Waals surface area contributed by atoms with Crippen molar-refractivity contribution in [1.29, 1.82) is 0 Å². The van der Waals surface area contributed by atoms with Gasteiger partial charge in [-0.05, 0) is 42.3 Å². The fourth-order valence-corrected chi connectivity index (χ4v) is 10.1. The number of carbonyl (C=O) groups excluding carboxylic acids is 1. The molecule has 2 atom stereocenters. The van der Waals surface area contributed by atoms with E-state index in [0.29, 0.717) is 54.8 Å². The Morgan fingerprint density at radius 2 is 1.76 bits per heavy atom. The lowest BCUT2D eigenvalue weighted by atomic mass is 10.1. The molecule has 0 aliphatic carbocycles. The number of anilines is 1. The number of nitrogens with zero attached hydrogens (tertiary/aromatic N) is 4. The van der Waals surface area contributed by atoms with Crippen molar-refractivity contribution in [2.24, 2.45) is 11.7 Å². The van der Waals surface area contributed by atoms with Crippen LogP contribution in [-0.4, -0.2) is 79.3 Å². The molecule has 0 bridgehead atoms. The molecule has 2 fully saturated rings. The standard InChI is InChI=1S/C30H33ClF5N5O3S2/c1-19(2)16-39-9-11-40(12-10-39)26-14-20(13-23(38-26)21-3-5-22(6-4-21)30(34,35)36)17-41(18-29(32,33)15-24(41)28(37)42)46(43,44)27-8-7-25(31)45-27/h3-8,13-14,19,24H,9-12,15-18H2,1-2H3,(H-,37,42)/p+1/t24-,41?/m0/s1. The molecule has 3 aromatic rings. The zero-order valence-electron chi connectivity index (χ0n) is 25.1. The topological polar surface area (TPSA) is 96.6 Å². The number of nitrogens with two attached hydrogens (primary N) is 1. The van der Waals surface area contributed by atoms with Crippen LogP contribution in [0, 0.1) is 5.92 Å². The fraction of sp³-hybridized carbons (Fsp3) is 0.467. The highest BCUT2D eigenvalue weighted by Crippen LogP contribution is 2.46. The highest BCUT2D eigenvalue weighted by atomic mass is 35.5. The third-order valence-corrected chi connectivity index (χ3v) is 12.3. The molecule has 0 saturated carbocycles. The zero-order valence-corrected chi connectivity index (χ0v) is 27.5. The van der Waals surface area contributed by atoms with Gasteiger partial charge in [-0.3, -0.25) is 9.69 Å². The number of carbonyl (C=O) groups is 1. The smallest absolute Gasteiger partial charge is 0.364 e. The number of likely N-dealkylation sites (tertiary alicyclic amines) is 1. The minimum absolute atomic E-state index is 0.116. The van der Waals surface area contributed by atoms with Crippen molar-refractivity contribution >= 4 is 44.7 Å². The lowest BCUT2D eigenvalue weighted by Gasteiger charge is -2.37. The molecule has 2 N–H and O–H groups in total. The van der Waals surface area contributed by atoms with Gasteiger partial charge in [0, 0.05) is 43.9 Å². The number of halogens is 6. The van der Waals surface area contributed by atoms with Crippen molar-refractivity contribution in [2.45, 2.75) is 49.2 Å². The van der Waals surface area contributed by atoms with Gasteiger partial charge in [-0.1, -0.05) is 37.6 Å². The maximum atomic E-state index is 15.2. The Hall–Kier alpha value is -2.85. The van der Waals surface area contributed by atoms with Crippen molar-refractivity contribution in [1.82, 2.24) is 9.88 Å². The summed E-state index contributed by atoms with van der Waals surface area (Å²) in [5.74, 6) is -3.86. The first-order chi connectivity index (χ1) is 21.4. The lowest BCUT2D eigenvalue weighted by Crippen LogP contribution is -2.59. The number of quaternary nitrogens is 1. The number of rotatable bonds is 9. The summed E-state index contributed by atoms with van der Waals surface area (Å²) < 4.78 is 97.1. The van der Waals surface area contributed by atoms with E-state index < -0.39 is 63.0 Å². The number of hydrogen-bond acceptors (Lipinski definition) is 7. The SMILES string of the molecule is CC(C)CN1CCN(c2cc(C[N+]3(S(=O)(=O)c4ccc(Cl)s4)CC(F)(F)C[C@H]3C(N)=O)cc(-c3ccc(C(F)(F)F)cc3)n2)CC1. The second-order valence-corrected chi connectivity index (χ2v) is 16.3. The maximum absolute atomic E-state index is 15.2. The number of aromatic nitrogens is 1. The summed E-state index contributed by atoms with van der Waals surface area (Å²) in [5.41, 5.74) is 5.53. The molecule has 2 aromatic heterocycles. The van der Waals surface area contributed by atoms with E-state index >= 15 is 8.78 Å². The van der Waals surface area contributed by atoms with E-state index in [2.05, 4.69) is 18.7 Å². The predicted octanol–water partition coefficient (Wildman–Crippen LogP) is 5.86. The third kappa shape index (κ3) is 7.03. The minimum atomic E-state index is -4.67. The van der Waals surface area contributed by atoms with E-state index in [-0.39, 0.29) is 19.8 Å². The molecule has 0 radical (unpaired) electrons. The van der Waals surface area contributed by atoms with Crippen LogP contribution in [0.2, 0.25) is 4.34 Å². The van der Waals surface area contributed by atoms with Crippen LogP contribution < -0.4 is 10.6 Å². The van der Waals surface area contributed by atoms with Gasteiger partial charge < -0.3 is 10.6 Å². The van der Waals surface area contributed by atoms with Gasteiger partial charge in [-0.2, -0.15) is 25.5 Å². The summed E-state index contributed by atoms with van der Waals surface area (Å²) in [4.78, 5) is 21.7. The van der Waals surface area contributed by atoms with Crippen molar-refractivity contribution in [3.05, 3.63) is 64.0 Å². The molecule has 0 spiro atoms. The Kier molecular flexibility index (Phi) is 9.47. The van der Waals surface area contributed by atoms with Gasteiger partial charge in [0.25, 0.3) is 5.91 Å². The number of pyridine rings is 1. The molecule has 2 aliphatic rings. The van der Waals surface area contributed by atoms with Crippen LogP contribution in [0.1, 0.15) is 31.4 Å². The van der Waals surface area contributed by atoms with E-state index in [0.717, 1.165) is 18.7 Å². The van der Waals surface area contributed by atoms with Crippen LogP contribution in [0.5, 0.6) is 0 Å². The first kappa shape index (κ1) is 34.5. The van der Waals surface area contributed by atoms with Crippen LogP contribution in [0.4, 0.5) is 27.8 Å². The van der Waals surface area contributed by atoms with E-state index in [9.17, 15) is 26.4 Å².